The molecule has 0 amide bonds. The average molecular weight is 506 g/mol. The lowest BCUT2D eigenvalue weighted by Crippen LogP contribution is -2.52. The predicted octanol–water partition coefficient (Wildman–Crippen LogP) is 3.24. The van der Waals surface area contributed by atoms with Crippen LogP contribution in [0.3, 0.4) is 0 Å². The molecule has 1 saturated carbocycles. The molecule has 3 aliphatic rings. The van der Waals surface area contributed by atoms with Crippen LogP contribution in [0.2, 0.25) is 0 Å². The van der Waals surface area contributed by atoms with Crippen molar-refractivity contribution in [3.8, 4) is 11.2 Å². The summed E-state index contributed by atoms with van der Waals surface area (Å²) in [5.41, 5.74) is 0.681. The molecule has 6 rings (SSSR count). The smallest absolute Gasteiger partial charge is 0.291 e. The van der Waals surface area contributed by atoms with Gasteiger partial charge in [-0.1, -0.05) is 11.3 Å². The third-order valence-electron chi connectivity index (χ3n) is 6.89. The number of halogens is 2. The first-order valence-electron chi connectivity index (χ1n) is 11.0. The second-order valence-corrected chi connectivity index (χ2v) is 11.2. The highest BCUT2D eigenvalue weighted by atomic mass is 32.2. The lowest BCUT2D eigenvalue weighted by Gasteiger charge is -2.48. The SMILES string of the molecule is N#CC1(NS(=O)c2cc(N3CCC4(CCO4)CC3)c3cnn(-c4nnc(C(F)F)s4)c3c2)CC1. The van der Waals surface area contributed by atoms with Crippen molar-refractivity contribution in [2.45, 2.75) is 54.6 Å². The van der Waals surface area contributed by atoms with E-state index in [0.29, 0.717) is 23.3 Å². The highest BCUT2D eigenvalue weighted by Gasteiger charge is 2.45. The Morgan fingerprint density at radius 1 is 1.21 bits per heavy atom. The minimum atomic E-state index is -2.72. The van der Waals surface area contributed by atoms with Gasteiger partial charge in [-0.05, 0) is 44.2 Å². The fourth-order valence-electron chi connectivity index (χ4n) is 4.54. The van der Waals surface area contributed by atoms with Crippen molar-refractivity contribution >= 4 is 38.9 Å². The minimum absolute atomic E-state index is 0.0227. The first-order chi connectivity index (χ1) is 16.4. The number of nitriles is 1. The van der Waals surface area contributed by atoms with Gasteiger partial charge in [-0.2, -0.15) is 10.4 Å². The topological polar surface area (TPSA) is 109 Å². The van der Waals surface area contributed by atoms with E-state index in [0.717, 1.165) is 61.4 Å². The molecule has 0 bridgehead atoms. The average Bonchev–Trinajstić information content (AvgIpc) is 3.21. The maximum absolute atomic E-state index is 13.2. The van der Waals surface area contributed by atoms with Crippen molar-refractivity contribution < 1.29 is 17.7 Å². The number of hydrogen-bond acceptors (Lipinski definition) is 8. The van der Waals surface area contributed by atoms with E-state index in [1.165, 1.54) is 4.68 Å². The number of rotatable bonds is 6. The van der Waals surface area contributed by atoms with E-state index >= 15 is 0 Å². The normalized spacial score (nSPS) is 21.5. The van der Waals surface area contributed by atoms with E-state index in [-0.39, 0.29) is 15.7 Å². The molecule has 3 aromatic rings. The van der Waals surface area contributed by atoms with Crippen LogP contribution in [0.5, 0.6) is 0 Å². The summed E-state index contributed by atoms with van der Waals surface area (Å²) in [6.45, 7) is 2.36. The molecule has 1 spiro atoms. The fourth-order valence-corrected chi connectivity index (χ4v) is 6.37. The van der Waals surface area contributed by atoms with Gasteiger partial charge in [0.25, 0.3) is 6.43 Å². The molecule has 2 aliphatic heterocycles. The molecule has 1 N–H and O–H groups in total. The zero-order valence-corrected chi connectivity index (χ0v) is 19.7. The molecule has 1 atom stereocenters. The summed E-state index contributed by atoms with van der Waals surface area (Å²) >= 11 is 0.767. The van der Waals surface area contributed by atoms with Crippen molar-refractivity contribution in [2.24, 2.45) is 0 Å². The van der Waals surface area contributed by atoms with Gasteiger partial charge < -0.3 is 9.64 Å². The Balaban J connectivity index is 1.41. The van der Waals surface area contributed by atoms with E-state index in [9.17, 15) is 18.3 Å². The van der Waals surface area contributed by atoms with Gasteiger partial charge in [0, 0.05) is 24.2 Å². The van der Waals surface area contributed by atoms with Gasteiger partial charge >= 0.3 is 0 Å². The lowest BCUT2D eigenvalue weighted by molar-refractivity contribution is -0.158. The lowest BCUT2D eigenvalue weighted by atomic mass is 9.84. The van der Waals surface area contributed by atoms with Crippen LogP contribution < -0.4 is 9.62 Å². The second-order valence-electron chi connectivity index (χ2n) is 8.99. The summed E-state index contributed by atoms with van der Waals surface area (Å²) in [5.74, 6) is 0. The Labute approximate surface area is 200 Å². The van der Waals surface area contributed by atoms with Gasteiger partial charge in [0.1, 0.15) is 16.5 Å². The van der Waals surface area contributed by atoms with E-state index in [2.05, 4.69) is 31.0 Å². The van der Waals surface area contributed by atoms with E-state index < -0.39 is 22.9 Å². The van der Waals surface area contributed by atoms with Crippen LogP contribution in [0.15, 0.2) is 23.2 Å². The number of piperidine rings is 1. The maximum Gasteiger partial charge on any atom is 0.291 e. The van der Waals surface area contributed by atoms with Crippen LogP contribution in [0, 0.1) is 11.3 Å². The minimum Gasteiger partial charge on any atom is -0.375 e. The molecule has 2 saturated heterocycles. The van der Waals surface area contributed by atoms with Gasteiger partial charge in [0.05, 0.1) is 34.9 Å². The number of ether oxygens (including phenoxy) is 1. The van der Waals surface area contributed by atoms with Gasteiger partial charge in [0.2, 0.25) is 5.13 Å². The van der Waals surface area contributed by atoms with Gasteiger partial charge in [-0.15, -0.1) is 10.2 Å². The standard InChI is InChI=1S/C21H21F2N7O2S2/c22-17(23)18-26-27-19(33-18)30-16-10-13(34(31)28-20(12-24)1-2-20)9-15(14(16)11-25-30)29-6-3-21(4-7-29)5-8-32-21/h9-11,17,28H,1-8H2. The molecular weight excluding hydrogens is 484 g/mol. The molecule has 9 nitrogen and oxygen atoms in total. The third kappa shape index (κ3) is 3.69. The van der Waals surface area contributed by atoms with Crippen LogP contribution in [-0.2, 0) is 15.7 Å². The zero-order valence-electron chi connectivity index (χ0n) is 18.0. The quantitative estimate of drug-likeness (QED) is 0.548. The van der Waals surface area contributed by atoms with Crippen molar-refractivity contribution in [1.29, 1.82) is 5.26 Å². The highest BCUT2D eigenvalue weighted by molar-refractivity contribution is 7.83. The Hall–Kier alpha value is -2.53. The zero-order chi connectivity index (χ0) is 23.5. The Kier molecular flexibility index (Phi) is 5.18. The molecule has 2 aromatic heterocycles. The highest BCUT2D eigenvalue weighted by Crippen LogP contribution is 2.41. The largest absolute Gasteiger partial charge is 0.375 e. The molecule has 178 valence electrons. The predicted molar refractivity (Wildman–Crippen MR) is 121 cm³/mol. The summed E-state index contributed by atoms with van der Waals surface area (Å²) in [5, 5.41) is 21.9. The number of hydrogen-bond donors (Lipinski definition) is 1. The monoisotopic (exact) mass is 505 g/mol. The molecular formula is C21H21F2N7O2S2. The first-order valence-corrected chi connectivity index (χ1v) is 13.0. The van der Waals surface area contributed by atoms with Gasteiger partial charge in [-0.25, -0.2) is 22.4 Å². The fraction of sp³-hybridized carbons (Fsp3) is 0.524. The summed E-state index contributed by atoms with van der Waals surface area (Å²) in [4.78, 5) is 2.72. The van der Waals surface area contributed by atoms with Crippen molar-refractivity contribution in [2.75, 3.05) is 24.6 Å². The molecule has 1 aromatic carbocycles. The number of nitrogens with one attached hydrogen (secondary N) is 1. The van der Waals surface area contributed by atoms with E-state index in [1.54, 1.807) is 12.3 Å². The van der Waals surface area contributed by atoms with E-state index in [4.69, 9.17) is 4.74 Å². The third-order valence-corrected chi connectivity index (χ3v) is 9.03. The van der Waals surface area contributed by atoms with Crippen molar-refractivity contribution in [3.63, 3.8) is 0 Å². The first kappa shape index (κ1) is 22.0. The van der Waals surface area contributed by atoms with Crippen LogP contribution >= 0.6 is 11.3 Å². The summed E-state index contributed by atoms with van der Waals surface area (Å²) in [6.07, 6.45) is 3.14. The molecule has 13 heteroatoms. The second kappa shape index (κ2) is 8.01. The number of nitrogens with zero attached hydrogens (tertiary/aromatic N) is 6. The maximum atomic E-state index is 13.2. The molecule has 1 aliphatic carbocycles. The Bertz CT molecular complexity index is 1320. The molecule has 0 radical (unpaired) electrons. The molecule has 34 heavy (non-hydrogen) atoms. The van der Waals surface area contributed by atoms with Gasteiger partial charge in [-0.3, -0.25) is 0 Å². The number of benzene rings is 1. The van der Waals surface area contributed by atoms with Gasteiger partial charge in [0.15, 0.2) is 5.01 Å². The van der Waals surface area contributed by atoms with Crippen LogP contribution in [0.1, 0.15) is 43.5 Å². The number of alkyl halides is 2. The molecule has 4 heterocycles. The Morgan fingerprint density at radius 2 is 1.97 bits per heavy atom. The molecule has 3 fully saturated rings. The number of anilines is 1. The molecule has 1 unspecified atom stereocenters. The van der Waals surface area contributed by atoms with Crippen molar-refractivity contribution in [3.05, 3.63) is 23.3 Å². The van der Waals surface area contributed by atoms with Crippen LogP contribution in [0.4, 0.5) is 14.5 Å². The van der Waals surface area contributed by atoms with Crippen molar-refractivity contribution in [1.82, 2.24) is 24.7 Å². The van der Waals surface area contributed by atoms with Crippen LogP contribution in [-0.4, -0.2) is 55.0 Å². The Morgan fingerprint density at radius 3 is 2.56 bits per heavy atom. The van der Waals surface area contributed by atoms with Crippen LogP contribution in [0.25, 0.3) is 16.0 Å². The number of fused-ring (bicyclic) bond motifs is 1. The summed E-state index contributed by atoms with van der Waals surface area (Å²) < 4.78 is 49.7. The summed E-state index contributed by atoms with van der Waals surface area (Å²) in [7, 11) is -1.64. The number of aromatic nitrogens is 4. The summed E-state index contributed by atoms with van der Waals surface area (Å²) in [6, 6.07) is 5.79. The van der Waals surface area contributed by atoms with E-state index in [1.807, 2.05) is 6.07 Å².